The number of hydrogen-bond acceptors (Lipinski definition) is 2. The van der Waals surface area contributed by atoms with E-state index >= 15 is 0 Å². The molecule has 29 heavy (non-hydrogen) atoms. The van der Waals surface area contributed by atoms with Crippen LogP contribution in [0.25, 0.3) is 5.70 Å². The third-order valence-electron chi connectivity index (χ3n) is 7.20. The monoisotopic (exact) mass is 415 g/mol. The summed E-state index contributed by atoms with van der Waals surface area (Å²) in [5.41, 5.74) is -0.0584. The second kappa shape index (κ2) is 5.30. The van der Waals surface area contributed by atoms with Crippen molar-refractivity contribution in [2.24, 2.45) is 5.92 Å². The summed E-state index contributed by atoms with van der Waals surface area (Å²) in [6, 6.07) is 0.950. The number of hydrogen-bond donors (Lipinski definition) is 0. The fourth-order valence-electron chi connectivity index (χ4n) is 6.00. The zero-order valence-corrected chi connectivity index (χ0v) is 15.4. The lowest BCUT2D eigenvalue weighted by Crippen LogP contribution is -2.48. The first-order valence-electron chi connectivity index (χ1n) is 9.38. The molecule has 1 aliphatic carbocycles. The predicted octanol–water partition coefficient (Wildman–Crippen LogP) is 4.96. The summed E-state index contributed by atoms with van der Waals surface area (Å²) in [6.07, 6.45) is -5.06. The Hall–Kier alpha value is -2.16. The van der Waals surface area contributed by atoms with Crippen molar-refractivity contribution in [1.82, 2.24) is 4.98 Å². The van der Waals surface area contributed by atoms with Crippen molar-refractivity contribution in [3.8, 4) is 0 Å². The Kier molecular flexibility index (Phi) is 3.44. The number of alkyl halides is 6. The number of pyridine rings is 1. The van der Waals surface area contributed by atoms with Gasteiger partial charge in [-0.3, -0.25) is 9.78 Å². The summed E-state index contributed by atoms with van der Waals surface area (Å²) in [5.74, 6) is -2.13. The molecule has 1 saturated carbocycles. The molecule has 9 heteroatoms. The van der Waals surface area contributed by atoms with Crippen LogP contribution in [0.4, 0.5) is 26.3 Å². The van der Waals surface area contributed by atoms with E-state index in [1.165, 1.54) is 12.2 Å². The van der Waals surface area contributed by atoms with Crippen molar-refractivity contribution in [3.63, 3.8) is 0 Å². The van der Waals surface area contributed by atoms with Gasteiger partial charge in [-0.1, -0.05) is 0 Å². The van der Waals surface area contributed by atoms with Crippen LogP contribution in [-0.4, -0.2) is 33.5 Å². The third-order valence-corrected chi connectivity index (χ3v) is 7.20. The van der Waals surface area contributed by atoms with Crippen molar-refractivity contribution in [3.05, 3.63) is 46.9 Å². The van der Waals surface area contributed by atoms with Gasteiger partial charge in [0.15, 0.2) is 11.3 Å². The Labute approximate surface area is 162 Å². The van der Waals surface area contributed by atoms with Gasteiger partial charge in [0, 0.05) is 43.2 Å². The minimum absolute atomic E-state index is 0.0584. The molecule has 0 N–H and O–H groups in total. The van der Waals surface area contributed by atoms with Crippen LogP contribution in [0.5, 0.6) is 0 Å². The molecular weight excluding hydrogens is 398 g/mol. The minimum Gasteiger partial charge on any atom is -0.289 e. The van der Waals surface area contributed by atoms with Gasteiger partial charge in [-0.25, -0.2) is 4.48 Å². The highest BCUT2D eigenvalue weighted by Gasteiger charge is 2.81. The second-order valence-electron chi connectivity index (χ2n) is 8.52. The summed E-state index contributed by atoms with van der Waals surface area (Å²) < 4.78 is 80.4. The summed E-state index contributed by atoms with van der Waals surface area (Å²) in [4.78, 5) is 15.7. The summed E-state index contributed by atoms with van der Waals surface area (Å²) >= 11 is 0. The van der Waals surface area contributed by atoms with E-state index in [0.717, 1.165) is 12.3 Å². The van der Waals surface area contributed by atoms with Gasteiger partial charge in [0.25, 0.3) is 0 Å². The van der Waals surface area contributed by atoms with Gasteiger partial charge in [-0.2, -0.15) is 26.3 Å². The van der Waals surface area contributed by atoms with Gasteiger partial charge in [0.1, 0.15) is 23.6 Å². The third kappa shape index (κ3) is 2.30. The van der Waals surface area contributed by atoms with Crippen LogP contribution >= 0.6 is 0 Å². The van der Waals surface area contributed by atoms with Crippen LogP contribution in [0, 0.1) is 5.92 Å². The minimum atomic E-state index is -4.65. The van der Waals surface area contributed by atoms with Gasteiger partial charge in [-0.05, 0) is 24.5 Å². The second-order valence-corrected chi connectivity index (χ2v) is 8.52. The van der Waals surface area contributed by atoms with E-state index in [9.17, 15) is 31.1 Å². The molecule has 1 saturated heterocycles. The smallest absolute Gasteiger partial charge is 0.289 e. The maximum absolute atomic E-state index is 13.5. The molecule has 1 aromatic heterocycles. The van der Waals surface area contributed by atoms with Crippen molar-refractivity contribution >= 4 is 11.5 Å². The zero-order chi connectivity index (χ0) is 21.0. The molecule has 0 radical (unpaired) electrons. The van der Waals surface area contributed by atoms with E-state index in [1.807, 2.05) is 0 Å². The molecular formula is C20H17F6N2O+. The number of aromatic nitrogens is 1. The molecule has 0 bridgehead atoms. The largest absolute Gasteiger partial charge is 0.433 e. The standard InChI is InChI=1S/C20H17F6N2O/c1-10-4-12(29)5-16-13-6-17(20(24,25)26)27-8-14(13)15-3-2-11(19(21,22)23)7-18(15)9-28(10,16)18/h4-6,8,11,15H,2-3,7,9H2,1H3/q+1. The molecule has 0 amide bonds. The van der Waals surface area contributed by atoms with E-state index < -0.39 is 29.5 Å². The zero-order valence-electron chi connectivity index (χ0n) is 15.4. The highest BCUT2D eigenvalue weighted by Crippen LogP contribution is 2.71. The maximum Gasteiger partial charge on any atom is 0.433 e. The topological polar surface area (TPSA) is 30.0 Å². The molecule has 2 spiro atoms. The van der Waals surface area contributed by atoms with Crippen LogP contribution in [0.15, 0.2) is 30.1 Å². The average molecular weight is 415 g/mol. The molecule has 1 aromatic rings. The number of carbonyl (C=O) groups is 1. The maximum atomic E-state index is 13.5. The molecule has 4 unspecified atom stereocenters. The van der Waals surface area contributed by atoms with Gasteiger partial charge < -0.3 is 0 Å². The molecule has 3 aliphatic heterocycles. The van der Waals surface area contributed by atoms with Crippen LogP contribution < -0.4 is 0 Å². The first-order valence-corrected chi connectivity index (χ1v) is 9.38. The molecule has 2 fully saturated rings. The Morgan fingerprint density at radius 3 is 2.52 bits per heavy atom. The van der Waals surface area contributed by atoms with E-state index in [-0.39, 0.29) is 41.0 Å². The van der Waals surface area contributed by atoms with Gasteiger partial charge in [0.05, 0.1) is 5.92 Å². The number of nitrogens with zero attached hydrogens (tertiary/aromatic N) is 2. The van der Waals surface area contributed by atoms with E-state index in [1.54, 1.807) is 6.92 Å². The summed E-state index contributed by atoms with van der Waals surface area (Å²) in [6.45, 7) is 2.05. The number of ketones is 1. The highest BCUT2D eigenvalue weighted by molar-refractivity contribution is 6.05. The van der Waals surface area contributed by atoms with Crippen molar-refractivity contribution in [2.45, 2.75) is 50.0 Å². The van der Waals surface area contributed by atoms with Crippen molar-refractivity contribution in [2.75, 3.05) is 6.54 Å². The number of rotatable bonds is 0. The molecule has 3 nitrogen and oxygen atoms in total. The van der Waals surface area contributed by atoms with Crippen LogP contribution in [0.1, 0.15) is 48.9 Å². The number of fused-ring (bicyclic) bond motifs is 3. The fraction of sp³-hybridized carbons (Fsp3) is 0.500. The number of carbonyl (C=O) groups excluding carboxylic acids is 1. The lowest BCUT2D eigenvalue weighted by Gasteiger charge is -2.44. The summed E-state index contributed by atoms with van der Waals surface area (Å²) in [7, 11) is 0. The molecule has 5 rings (SSSR count). The molecule has 0 aromatic carbocycles. The van der Waals surface area contributed by atoms with E-state index in [0.29, 0.717) is 23.5 Å². The SMILES string of the molecule is CC1=CC(=O)C=C2c3cc(C(F)(F)F)ncc3C3CCC(C(F)(F)F)CC34C[N+]124. The van der Waals surface area contributed by atoms with Gasteiger partial charge in [-0.15, -0.1) is 0 Å². The Morgan fingerprint density at radius 1 is 1.14 bits per heavy atom. The highest BCUT2D eigenvalue weighted by atomic mass is 19.4. The average Bonchev–Trinajstić information content (AvgIpc) is 3.27. The fourth-order valence-corrected chi connectivity index (χ4v) is 6.00. The first kappa shape index (κ1) is 18.8. The quantitative estimate of drug-likeness (QED) is 0.341. The molecule has 4 heterocycles. The predicted molar refractivity (Wildman–Crippen MR) is 90.0 cm³/mol. The van der Waals surface area contributed by atoms with Gasteiger partial charge in [0.2, 0.25) is 0 Å². The van der Waals surface area contributed by atoms with E-state index in [2.05, 4.69) is 4.98 Å². The molecule has 154 valence electrons. The summed E-state index contributed by atoms with van der Waals surface area (Å²) in [5, 5.41) is 0. The Morgan fingerprint density at radius 2 is 1.86 bits per heavy atom. The molecule has 4 atom stereocenters. The molecule has 4 aliphatic rings. The normalized spacial score (nSPS) is 35.6. The van der Waals surface area contributed by atoms with Crippen LogP contribution in [-0.2, 0) is 11.0 Å². The van der Waals surface area contributed by atoms with Crippen molar-refractivity contribution < 1.29 is 35.6 Å². The lowest BCUT2D eigenvalue weighted by atomic mass is 9.67. The van der Waals surface area contributed by atoms with Crippen LogP contribution in [0.2, 0.25) is 0 Å². The van der Waals surface area contributed by atoms with Gasteiger partial charge >= 0.3 is 12.4 Å². The number of allylic oxidation sites excluding steroid dienone is 3. The van der Waals surface area contributed by atoms with Crippen molar-refractivity contribution in [1.29, 1.82) is 0 Å². The Bertz CT molecular complexity index is 1010. The lowest BCUT2D eigenvalue weighted by molar-refractivity contribution is -0.718. The van der Waals surface area contributed by atoms with Crippen LogP contribution in [0.3, 0.4) is 0 Å². The number of halogens is 6. The first-order chi connectivity index (χ1) is 13.4. The van der Waals surface area contributed by atoms with E-state index in [4.69, 9.17) is 0 Å². The number of quaternary nitrogens is 1. The Balaban J connectivity index is 1.72.